The Morgan fingerprint density at radius 3 is 2.96 bits per heavy atom. The van der Waals surface area contributed by atoms with E-state index in [2.05, 4.69) is 10.3 Å². The van der Waals surface area contributed by atoms with Crippen LogP contribution in [-0.4, -0.2) is 24.0 Å². The van der Waals surface area contributed by atoms with Gasteiger partial charge in [0.2, 0.25) is 5.91 Å². The summed E-state index contributed by atoms with van der Waals surface area (Å²) in [4.78, 5) is 18.0. The number of benzene rings is 1. The highest BCUT2D eigenvalue weighted by atomic mass is 35.5. The summed E-state index contributed by atoms with van der Waals surface area (Å²) in [6.45, 7) is 0.862. The van der Waals surface area contributed by atoms with Crippen LogP contribution in [-0.2, 0) is 24.1 Å². The van der Waals surface area contributed by atoms with E-state index >= 15 is 0 Å². The molecule has 0 atom stereocenters. The van der Waals surface area contributed by atoms with Crippen molar-refractivity contribution in [2.75, 3.05) is 13.2 Å². The third-order valence-corrected chi connectivity index (χ3v) is 6.07. The number of rotatable bonds is 7. The number of nitrogens with zero attached hydrogens (tertiary/aromatic N) is 1. The van der Waals surface area contributed by atoms with Crippen molar-refractivity contribution in [2.24, 2.45) is 0 Å². The number of carbonyl (C=O) groups excluding carboxylic acids is 1. The van der Waals surface area contributed by atoms with Crippen molar-refractivity contribution in [1.29, 1.82) is 0 Å². The van der Waals surface area contributed by atoms with Gasteiger partial charge in [0.15, 0.2) is 0 Å². The molecule has 0 saturated heterocycles. The molecule has 0 saturated carbocycles. The number of carbonyl (C=O) groups is 1. The maximum atomic E-state index is 11.9. The van der Waals surface area contributed by atoms with Gasteiger partial charge in [0.25, 0.3) is 0 Å². The number of hydrogen-bond donors (Lipinski definition) is 1. The molecule has 7 heteroatoms. The molecular weight excluding hydrogens is 379 g/mol. The second kappa shape index (κ2) is 8.88. The summed E-state index contributed by atoms with van der Waals surface area (Å²) >= 11 is 13.8. The van der Waals surface area contributed by atoms with Crippen LogP contribution in [0, 0.1) is 0 Å². The predicted octanol–water partition coefficient (Wildman–Crippen LogP) is 4.46. The first-order valence-electron chi connectivity index (χ1n) is 8.44. The van der Waals surface area contributed by atoms with E-state index in [-0.39, 0.29) is 18.9 Å². The fraction of sp³-hybridized carbons (Fsp3) is 0.444. The molecule has 4 nitrogen and oxygen atoms in total. The summed E-state index contributed by atoms with van der Waals surface area (Å²) in [7, 11) is 0. The van der Waals surface area contributed by atoms with Gasteiger partial charge in [-0.25, -0.2) is 4.98 Å². The lowest BCUT2D eigenvalue weighted by Gasteiger charge is -2.09. The highest BCUT2D eigenvalue weighted by Crippen LogP contribution is 2.31. The Morgan fingerprint density at radius 2 is 2.12 bits per heavy atom. The second-order valence-corrected chi connectivity index (χ2v) is 7.89. The second-order valence-electron chi connectivity index (χ2n) is 5.93. The Balaban J connectivity index is 1.37. The van der Waals surface area contributed by atoms with Gasteiger partial charge in [0.1, 0.15) is 10.8 Å². The van der Waals surface area contributed by atoms with Crippen LogP contribution in [0.25, 0.3) is 0 Å². The summed E-state index contributed by atoms with van der Waals surface area (Å²) < 4.78 is 5.52. The van der Waals surface area contributed by atoms with Crippen molar-refractivity contribution in [3.63, 3.8) is 0 Å². The molecule has 134 valence electrons. The number of aromatic nitrogens is 1. The quantitative estimate of drug-likeness (QED) is 0.748. The monoisotopic (exact) mass is 398 g/mol. The summed E-state index contributed by atoms with van der Waals surface area (Å²) in [5.41, 5.74) is 1.27. The summed E-state index contributed by atoms with van der Waals surface area (Å²) in [5.74, 6) is 0.454. The molecule has 1 aromatic heterocycles. The lowest BCUT2D eigenvalue weighted by atomic mass is 10.0. The molecule has 0 bridgehead atoms. The van der Waals surface area contributed by atoms with E-state index < -0.39 is 0 Å². The van der Waals surface area contributed by atoms with E-state index in [9.17, 15) is 4.79 Å². The number of ether oxygens (including phenoxy) is 1. The summed E-state index contributed by atoms with van der Waals surface area (Å²) in [6, 6.07) is 5.19. The minimum Gasteiger partial charge on any atom is -0.491 e. The van der Waals surface area contributed by atoms with Gasteiger partial charge in [-0.05, 0) is 37.8 Å². The first-order chi connectivity index (χ1) is 12.1. The minimum absolute atomic E-state index is 0.0422. The molecule has 0 aliphatic heterocycles. The number of amides is 1. The van der Waals surface area contributed by atoms with Crippen LogP contribution >= 0.6 is 34.5 Å². The molecule has 25 heavy (non-hydrogen) atoms. The third-order valence-electron chi connectivity index (χ3n) is 4.05. The van der Waals surface area contributed by atoms with Gasteiger partial charge in [-0.15, -0.1) is 11.3 Å². The van der Waals surface area contributed by atoms with Crippen molar-refractivity contribution in [2.45, 2.75) is 38.5 Å². The van der Waals surface area contributed by atoms with Crippen LogP contribution in [0.15, 0.2) is 18.2 Å². The molecule has 3 rings (SSSR count). The van der Waals surface area contributed by atoms with Gasteiger partial charge < -0.3 is 10.1 Å². The third kappa shape index (κ3) is 5.09. The van der Waals surface area contributed by atoms with Crippen LogP contribution < -0.4 is 10.1 Å². The van der Waals surface area contributed by atoms with E-state index in [4.69, 9.17) is 27.9 Å². The average Bonchev–Trinajstić information content (AvgIpc) is 3.01. The molecule has 1 amide bonds. The fourth-order valence-corrected chi connectivity index (χ4v) is 4.26. The first-order valence-corrected chi connectivity index (χ1v) is 10.0. The highest BCUT2D eigenvalue weighted by Gasteiger charge is 2.15. The SMILES string of the molecule is O=C(CCOc1cccc(Cl)c1Cl)NCCc1nc2c(s1)CCCC2. The van der Waals surface area contributed by atoms with Crippen molar-refractivity contribution in [1.82, 2.24) is 10.3 Å². The molecule has 0 spiro atoms. The molecule has 1 N–H and O–H groups in total. The number of aryl methyl sites for hydroxylation is 2. The van der Waals surface area contributed by atoms with Gasteiger partial charge in [-0.2, -0.15) is 0 Å². The average molecular weight is 399 g/mol. The van der Waals surface area contributed by atoms with Gasteiger partial charge in [-0.1, -0.05) is 29.3 Å². The molecule has 0 fully saturated rings. The Labute approximate surface area is 161 Å². The Bertz CT molecular complexity index is 725. The Hall–Kier alpha value is -1.30. The van der Waals surface area contributed by atoms with E-state index in [1.54, 1.807) is 29.5 Å². The van der Waals surface area contributed by atoms with Gasteiger partial charge >= 0.3 is 0 Å². The molecule has 1 heterocycles. The summed E-state index contributed by atoms with van der Waals surface area (Å²) in [5, 5.41) is 4.84. The van der Waals surface area contributed by atoms with Gasteiger partial charge in [0.05, 0.1) is 28.8 Å². The van der Waals surface area contributed by atoms with Crippen molar-refractivity contribution >= 4 is 40.4 Å². The highest BCUT2D eigenvalue weighted by molar-refractivity contribution is 7.11. The van der Waals surface area contributed by atoms with Crippen molar-refractivity contribution < 1.29 is 9.53 Å². The van der Waals surface area contributed by atoms with Crippen LogP contribution in [0.1, 0.15) is 34.8 Å². The Morgan fingerprint density at radius 1 is 1.28 bits per heavy atom. The first kappa shape index (κ1) is 18.5. The molecule has 1 aliphatic rings. The summed E-state index contributed by atoms with van der Waals surface area (Å²) in [6.07, 6.45) is 5.82. The van der Waals surface area contributed by atoms with E-state index in [0.29, 0.717) is 22.3 Å². The van der Waals surface area contributed by atoms with Gasteiger partial charge in [0, 0.05) is 17.8 Å². The molecule has 0 radical (unpaired) electrons. The lowest BCUT2D eigenvalue weighted by molar-refractivity contribution is -0.121. The maximum absolute atomic E-state index is 11.9. The van der Waals surface area contributed by atoms with Crippen LogP contribution in [0.2, 0.25) is 10.0 Å². The molecule has 2 aromatic rings. The zero-order chi connectivity index (χ0) is 17.6. The largest absolute Gasteiger partial charge is 0.491 e. The zero-order valence-electron chi connectivity index (χ0n) is 13.8. The van der Waals surface area contributed by atoms with Gasteiger partial charge in [-0.3, -0.25) is 4.79 Å². The standard InChI is InChI=1S/C18H20Cl2N2O2S/c19-12-4-3-6-14(18(12)20)24-11-9-16(23)21-10-8-17-22-13-5-1-2-7-15(13)25-17/h3-4,6H,1-2,5,7-11H2,(H,21,23). The Kier molecular flexibility index (Phi) is 6.57. The number of nitrogens with one attached hydrogen (secondary N) is 1. The maximum Gasteiger partial charge on any atom is 0.223 e. The smallest absolute Gasteiger partial charge is 0.223 e. The van der Waals surface area contributed by atoms with Crippen molar-refractivity contribution in [3.05, 3.63) is 43.8 Å². The molecule has 1 aliphatic carbocycles. The minimum atomic E-state index is -0.0422. The predicted molar refractivity (Wildman–Crippen MR) is 102 cm³/mol. The van der Waals surface area contributed by atoms with Crippen LogP contribution in [0.4, 0.5) is 0 Å². The fourth-order valence-electron chi connectivity index (χ4n) is 2.76. The lowest BCUT2D eigenvalue weighted by Crippen LogP contribution is -2.27. The van der Waals surface area contributed by atoms with Crippen LogP contribution in [0.3, 0.4) is 0 Å². The normalized spacial score (nSPS) is 13.4. The number of fused-ring (bicyclic) bond motifs is 1. The topological polar surface area (TPSA) is 51.2 Å². The van der Waals surface area contributed by atoms with E-state index in [1.165, 1.54) is 23.4 Å². The molecular formula is C18H20Cl2N2O2S. The number of thiazole rings is 1. The van der Waals surface area contributed by atoms with E-state index in [1.807, 2.05) is 0 Å². The molecule has 0 unspecified atom stereocenters. The molecule has 1 aromatic carbocycles. The van der Waals surface area contributed by atoms with Crippen LogP contribution in [0.5, 0.6) is 5.75 Å². The number of hydrogen-bond acceptors (Lipinski definition) is 4. The van der Waals surface area contributed by atoms with Crippen molar-refractivity contribution in [3.8, 4) is 5.75 Å². The zero-order valence-corrected chi connectivity index (χ0v) is 16.1. The number of halogens is 2. The van der Waals surface area contributed by atoms with E-state index in [0.717, 1.165) is 24.3 Å².